The first-order chi connectivity index (χ1) is 8.61. The van der Waals surface area contributed by atoms with E-state index in [1.807, 2.05) is 13.8 Å². The summed E-state index contributed by atoms with van der Waals surface area (Å²) in [4.78, 5) is 1.37. The van der Waals surface area contributed by atoms with E-state index in [9.17, 15) is 8.78 Å². The number of nitrogens with zero attached hydrogens (tertiary/aromatic N) is 1. The van der Waals surface area contributed by atoms with Crippen molar-refractivity contribution in [2.24, 2.45) is 17.8 Å². The number of alkyl halides is 2. The second-order valence-electron chi connectivity index (χ2n) is 6.01. The van der Waals surface area contributed by atoms with Crippen LogP contribution in [0.25, 0.3) is 0 Å². The van der Waals surface area contributed by atoms with Gasteiger partial charge < -0.3 is 0 Å². The summed E-state index contributed by atoms with van der Waals surface area (Å²) in [5.41, 5.74) is 0. The fraction of sp³-hybridized carbons (Fsp3) is 1.00. The molecule has 0 bridgehead atoms. The van der Waals surface area contributed by atoms with Gasteiger partial charge in [-0.25, -0.2) is 4.90 Å². The van der Waals surface area contributed by atoms with Gasteiger partial charge in [-0.05, 0) is 24.7 Å². The minimum Gasteiger partial charge on any atom is -0.245 e. The second-order valence-corrected chi connectivity index (χ2v) is 6.01. The Balaban J connectivity index is 2.14. The Bertz CT molecular complexity index is 261. The lowest BCUT2D eigenvalue weighted by Crippen LogP contribution is -2.52. The molecule has 2 aliphatic rings. The van der Waals surface area contributed by atoms with E-state index in [0.717, 1.165) is 25.7 Å². The van der Waals surface area contributed by atoms with Gasteiger partial charge in [0.1, 0.15) is 0 Å². The lowest BCUT2D eigenvalue weighted by Gasteiger charge is -2.47. The quantitative estimate of drug-likeness (QED) is 0.671. The highest BCUT2D eigenvalue weighted by molar-refractivity contribution is 4.91. The molecule has 3 atom stereocenters. The lowest BCUT2D eigenvalue weighted by molar-refractivity contribution is -0.212. The standard InChI is InChI=1S/C15H27F2N/c1-3-18(4-2)15(16,17)14-11-7-9-12-8-5-6-10-13(12)14/h12-14H,3-11H2,1-2H3. The fourth-order valence-electron chi connectivity index (χ4n) is 4.25. The van der Waals surface area contributed by atoms with Crippen LogP contribution in [0.4, 0.5) is 8.78 Å². The van der Waals surface area contributed by atoms with Crippen molar-refractivity contribution in [3.8, 4) is 0 Å². The van der Waals surface area contributed by atoms with Gasteiger partial charge in [0.15, 0.2) is 0 Å². The van der Waals surface area contributed by atoms with Gasteiger partial charge >= 0.3 is 6.05 Å². The molecule has 3 heteroatoms. The van der Waals surface area contributed by atoms with Gasteiger partial charge in [-0.3, -0.25) is 0 Å². The molecule has 0 spiro atoms. The second kappa shape index (κ2) is 5.85. The monoisotopic (exact) mass is 259 g/mol. The van der Waals surface area contributed by atoms with Crippen molar-refractivity contribution in [3.05, 3.63) is 0 Å². The average molecular weight is 259 g/mol. The minimum atomic E-state index is -2.59. The molecule has 0 amide bonds. The first-order valence-corrected chi connectivity index (χ1v) is 7.74. The van der Waals surface area contributed by atoms with E-state index in [4.69, 9.17) is 0 Å². The summed E-state index contributed by atoms with van der Waals surface area (Å²) in [5, 5.41) is 0. The number of halogens is 2. The molecule has 3 unspecified atom stereocenters. The molecule has 0 aliphatic heterocycles. The van der Waals surface area contributed by atoms with Crippen LogP contribution in [0.2, 0.25) is 0 Å². The normalized spacial score (nSPS) is 33.5. The Kier molecular flexibility index (Phi) is 4.63. The third-order valence-electron chi connectivity index (χ3n) is 5.21. The molecule has 2 aliphatic carbocycles. The van der Waals surface area contributed by atoms with Crippen LogP contribution in [0.5, 0.6) is 0 Å². The average Bonchev–Trinajstić information content (AvgIpc) is 2.39. The van der Waals surface area contributed by atoms with Crippen molar-refractivity contribution in [1.82, 2.24) is 4.90 Å². The predicted octanol–water partition coefficient (Wildman–Crippen LogP) is 4.53. The summed E-state index contributed by atoms with van der Waals surface area (Å²) in [7, 11) is 0. The molecule has 0 saturated heterocycles. The highest BCUT2D eigenvalue weighted by atomic mass is 19.3. The van der Waals surface area contributed by atoms with Crippen molar-refractivity contribution in [1.29, 1.82) is 0 Å². The van der Waals surface area contributed by atoms with E-state index < -0.39 is 12.0 Å². The van der Waals surface area contributed by atoms with Crippen LogP contribution in [0.3, 0.4) is 0 Å². The van der Waals surface area contributed by atoms with Crippen LogP contribution < -0.4 is 0 Å². The van der Waals surface area contributed by atoms with E-state index >= 15 is 0 Å². The van der Waals surface area contributed by atoms with Crippen molar-refractivity contribution in [2.75, 3.05) is 13.1 Å². The molecule has 18 heavy (non-hydrogen) atoms. The van der Waals surface area contributed by atoms with Gasteiger partial charge in [-0.15, -0.1) is 0 Å². The van der Waals surface area contributed by atoms with Crippen molar-refractivity contribution < 1.29 is 8.78 Å². The number of fused-ring (bicyclic) bond motifs is 1. The predicted molar refractivity (Wildman–Crippen MR) is 70.7 cm³/mol. The highest BCUT2D eigenvalue weighted by Crippen LogP contribution is 2.50. The molecule has 0 aromatic carbocycles. The Labute approximate surface area is 110 Å². The number of hydrogen-bond acceptors (Lipinski definition) is 1. The maximum atomic E-state index is 14.7. The SMILES string of the molecule is CCN(CC)C(F)(F)C1CCCC2CCCCC21. The fourth-order valence-corrected chi connectivity index (χ4v) is 4.25. The minimum absolute atomic E-state index is 0.281. The van der Waals surface area contributed by atoms with E-state index in [1.165, 1.54) is 24.2 Å². The summed E-state index contributed by atoms with van der Waals surface area (Å²) in [6.45, 7) is 4.60. The van der Waals surface area contributed by atoms with Gasteiger partial charge in [-0.1, -0.05) is 46.0 Å². The van der Waals surface area contributed by atoms with Crippen molar-refractivity contribution in [3.63, 3.8) is 0 Å². The maximum Gasteiger partial charge on any atom is 0.307 e. The summed E-state index contributed by atoms with van der Waals surface area (Å²) < 4.78 is 29.3. The third-order valence-corrected chi connectivity index (χ3v) is 5.21. The highest BCUT2D eigenvalue weighted by Gasteiger charge is 2.50. The number of rotatable bonds is 4. The van der Waals surface area contributed by atoms with Gasteiger partial charge in [-0.2, -0.15) is 8.78 Å². The zero-order valence-electron chi connectivity index (χ0n) is 11.8. The van der Waals surface area contributed by atoms with Crippen LogP contribution in [0, 0.1) is 17.8 Å². The van der Waals surface area contributed by atoms with Gasteiger partial charge in [0, 0.05) is 19.0 Å². The summed E-state index contributed by atoms with van der Waals surface area (Å²) in [6, 6.07) is -2.59. The molecule has 106 valence electrons. The zero-order valence-corrected chi connectivity index (χ0v) is 11.8. The molecule has 0 heterocycles. The molecular weight excluding hydrogens is 232 g/mol. The summed E-state index contributed by atoms with van der Waals surface area (Å²) >= 11 is 0. The van der Waals surface area contributed by atoms with Gasteiger partial charge in [0.05, 0.1) is 0 Å². The molecular formula is C15H27F2N. The molecule has 0 N–H and O–H groups in total. The summed E-state index contributed by atoms with van der Waals surface area (Å²) in [6.07, 6.45) is 7.56. The van der Waals surface area contributed by atoms with E-state index in [2.05, 4.69) is 0 Å². The third kappa shape index (κ3) is 2.56. The van der Waals surface area contributed by atoms with Crippen molar-refractivity contribution >= 4 is 0 Å². The van der Waals surface area contributed by atoms with Gasteiger partial charge in [0.2, 0.25) is 0 Å². The summed E-state index contributed by atoms with van der Waals surface area (Å²) in [5.74, 6) is 0.471. The topological polar surface area (TPSA) is 3.24 Å². The number of hydrogen-bond donors (Lipinski definition) is 0. The smallest absolute Gasteiger partial charge is 0.245 e. The molecule has 2 saturated carbocycles. The molecule has 0 aromatic heterocycles. The van der Waals surface area contributed by atoms with Crippen LogP contribution >= 0.6 is 0 Å². The molecule has 2 fully saturated rings. The Hall–Kier alpha value is -0.180. The van der Waals surface area contributed by atoms with Crippen LogP contribution in [0.15, 0.2) is 0 Å². The first kappa shape index (κ1) is 14.2. The van der Waals surface area contributed by atoms with Crippen molar-refractivity contribution in [2.45, 2.75) is 64.8 Å². The maximum absolute atomic E-state index is 14.7. The molecule has 0 radical (unpaired) electrons. The Morgan fingerprint density at radius 2 is 1.56 bits per heavy atom. The Morgan fingerprint density at radius 1 is 0.944 bits per heavy atom. The largest absolute Gasteiger partial charge is 0.307 e. The molecule has 0 aromatic rings. The van der Waals surface area contributed by atoms with Gasteiger partial charge in [0.25, 0.3) is 0 Å². The zero-order chi connectivity index (χ0) is 13.2. The van der Waals surface area contributed by atoms with Crippen LogP contribution in [-0.4, -0.2) is 24.0 Å². The molecule has 1 nitrogen and oxygen atoms in total. The van der Waals surface area contributed by atoms with E-state index in [0.29, 0.717) is 19.0 Å². The van der Waals surface area contributed by atoms with Crippen LogP contribution in [-0.2, 0) is 0 Å². The van der Waals surface area contributed by atoms with Crippen LogP contribution in [0.1, 0.15) is 58.8 Å². The van der Waals surface area contributed by atoms with E-state index in [1.54, 1.807) is 0 Å². The first-order valence-electron chi connectivity index (χ1n) is 7.74. The van der Waals surface area contributed by atoms with E-state index in [-0.39, 0.29) is 5.92 Å². The lowest BCUT2D eigenvalue weighted by atomic mass is 9.64. The Morgan fingerprint density at radius 3 is 2.22 bits per heavy atom. The molecule has 2 rings (SSSR count).